The molecule has 8 heteroatoms. The second-order valence-electron chi connectivity index (χ2n) is 8.09. The summed E-state index contributed by atoms with van der Waals surface area (Å²) in [4.78, 5) is 17.1. The van der Waals surface area contributed by atoms with Crippen molar-refractivity contribution < 1.29 is 9.21 Å². The van der Waals surface area contributed by atoms with Gasteiger partial charge in [-0.15, -0.1) is 10.2 Å². The highest BCUT2D eigenvalue weighted by atomic mass is 16.3. The third-order valence-corrected chi connectivity index (χ3v) is 5.53. The highest BCUT2D eigenvalue weighted by Gasteiger charge is 2.10. The number of hydrogen-bond acceptors (Lipinski definition) is 6. The van der Waals surface area contributed by atoms with Crippen LogP contribution < -0.4 is 16.4 Å². The van der Waals surface area contributed by atoms with Crippen molar-refractivity contribution in [1.29, 1.82) is 0 Å². The molecule has 0 aliphatic carbocycles. The molecule has 5 aromatic rings. The lowest BCUT2D eigenvalue weighted by Gasteiger charge is -2.11. The van der Waals surface area contributed by atoms with E-state index in [0.29, 0.717) is 23.8 Å². The predicted molar refractivity (Wildman–Crippen MR) is 137 cm³/mol. The fourth-order valence-electron chi connectivity index (χ4n) is 3.82. The van der Waals surface area contributed by atoms with Gasteiger partial charge in [-0.25, -0.2) is 9.78 Å². The Morgan fingerprint density at radius 2 is 1.69 bits per heavy atom. The van der Waals surface area contributed by atoms with Crippen molar-refractivity contribution >= 4 is 34.3 Å². The van der Waals surface area contributed by atoms with Gasteiger partial charge in [0, 0.05) is 23.4 Å². The summed E-state index contributed by atoms with van der Waals surface area (Å²) in [7, 11) is 0. The fraction of sp³-hybridized carbons (Fsp3) is 0.111. The number of para-hydroxylation sites is 1. The number of rotatable bonds is 7. The quantitative estimate of drug-likeness (QED) is 0.266. The number of carbonyl (C=O) groups is 1. The molecule has 0 saturated carbocycles. The molecule has 0 aliphatic rings. The van der Waals surface area contributed by atoms with Crippen LogP contribution in [0.2, 0.25) is 0 Å². The van der Waals surface area contributed by atoms with Gasteiger partial charge in [-0.3, -0.25) is 5.32 Å². The van der Waals surface area contributed by atoms with Gasteiger partial charge in [0.2, 0.25) is 0 Å². The second kappa shape index (κ2) is 10.0. The Balaban J connectivity index is 1.18. The lowest BCUT2D eigenvalue weighted by atomic mass is 10.1. The highest BCUT2D eigenvalue weighted by Crippen LogP contribution is 2.22. The molecule has 0 unspecified atom stereocenters. The third kappa shape index (κ3) is 5.44. The average Bonchev–Trinajstić information content (AvgIpc) is 3.28. The molecule has 0 bridgehead atoms. The summed E-state index contributed by atoms with van der Waals surface area (Å²) in [6, 6.07) is 26.1. The number of benzene rings is 3. The highest BCUT2D eigenvalue weighted by molar-refractivity contribution is 5.99. The van der Waals surface area contributed by atoms with Crippen LogP contribution in [0, 0.1) is 0 Å². The fourth-order valence-corrected chi connectivity index (χ4v) is 3.82. The molecule has 0 radical (unpaired) electrons. The van der Waals surface area contributed by atoms with E-state index in [2.05, 4.69) is 25.8 Å². The first-order chi connectivity index (χ1) is 17.1. The van der Waals surface area contributed by atoms with E-state index >= 15 is 0 Å². The number of hydrogen-bond donors (Lipinski definition) is 3. The van der Waals surface area contributed by atoms with Gasteiger partial charge in [-0.05, 0) is 54.8 Å². The van der Waals surface area contributed by atoms with Crippen molar-refractivity contribution in [1.82, 2.24) is 15.2 Å². The number of anilines is 3. The number of urea groups is 1. The van der Waals surface area contributed by atoms with Crippen molar-refractivity contribution in [2.75, 3.05) is 16.4 Å². The molecular formula is C27H24N6O2. The number of nitrogens with zero attached hydrogens (tertiary/aromatic N) is 3. The molecule has 0 atom stereocenters. The summed E-state index contributed by atoms with van der Waals surface area (Å²) in [6.45, 7) is 0. The Kier molecular flexibility index (Phi) is 6.34. The topological polar surface area (TPSA) is 119 Å². The van der Waals surface area contributed by atoms with Gasteiger partial charge in [0.15, 0.2) is 17.3 Å². The van der Waals surface area contributed by atoms with Crippen molar-refractivity contribution in [2.45, 2.75) is 19.3 Å². The zero-order valence-electron chi connectivity index (χ0n) is 18.9. The molecule has 0 fully saturated rings. The summed E-state index contributed by atoms with van der Waals surface area (Å²) in [5, 5.41) is 14.0. The minimum atomic E-state index is -0.379. The van der Waals surface area contributed by atoms with Crippen LogP contribution in [0.25, 0.3) is 22.4 Å². The number of nitrogens with two attached hydrogens (primary N) is 1. The summed E-state index contributed by atoms with van der Waals surface area (Å²) in [6.07, 6.45) is 2.25. The number of carbonyl (C=O) groups excluding carboxylic acids is 1. The minimum absolute atomic E-state index is 0.372. The largest absolute Gasteiger partial charge is 0.441 e. The van der Waals surface area contributed by atoms with Crippen LogP contribution in [0.1, 0.15) is 17.9 Å². The molecule has 2 amide bonds. The Morgan fingerprint density at radius 3 is 2.51 bits per heavy atom. The molecule has 174 valence electrons. The van der Waals surface area contributed by atoms with Crippen LogP contribution in [0.3, 0.4) is 0 Å². The van der Waals surface area contributed by atoms with Crippen LogP contribution in [0.15, 0.2) is 89.3 Å². The molecule has 0 spiro atoms. The van der Waals surface area contributed by atoms with Gasteiger partial charge in [-0.2, -0.15) is 0 Å². The van der Waals surface area contributed by atoms with E-state index in [1.807, 2.05) is 66.7 Å². The molecule has 5 rings (SSSR count). The number of nitrogens with one attached hydrogen (secondary N) is 2. The van der Waals surface area contributed by atoms with Crippen LogP contribution in [-0.2, 0) is 12.8 Å². The zero-order valence-corrected chi connectivity index (χ0v) is 18.9. The van der Waals surface area contributed by atoms with E-state index < -0.39 is 0 Å². The molecule has 8 nitrogen and oxygen atoms in total. The Morgan fingerprint density at radius 1 is 0.857 bits per heavy atom. The number of oxazole rings is 1. The zero-order chi connectivity index (χ0) is 24.0. The van der Waals surface area contributed by atoms with Crippen molar-refractivity contribution in [3.05, 3.63) is 96.4 Å². The van der Waals surface area contributed by atoms with Gasteiger partial charge in [0.25, 0.3) is 0 Å². The Bertz CT molecular complexity index is 1450. The van der Waals surface area contributed by atoms with Crippen molar-refractivity contribution in [2.24, 2.45) is 0 Å². The van der Waals surface area contributed by atoms with E-state index in [4.69, 9.17) is 10.2 Å². The summed E-state index contributed by atoms with van der Waals surface area (Å²) in [5.74, 6) is 1.04. The summed E-state index contributed by atoms with van der Waals surface area (Å²) in [5.41, 5.74) is 11.4. The number of nitrogen functional groups attached to an aromatic ring is 1. The number of aromatic nitrogens is 3. The molecule has 0 aliphatic heterocycles. The van der Waals surface area contributed by atoms with Gasteiger partial charge in [-0.1, -0.05) is 48.5 Å². The first-order valence-electron chi connectivity index (χ1n) is 11.3. The SMILES string of the molecule is Nc1ccc2oc(CCCc3ccccc3NC(=O)Nc3ccc(-c4ccccc4)nn3)nc2c1. The van der Waals surface area contributed by atoms with Gasteiger partial charge in [0.1, 0.15) is 5.52 Å². The lowest BCUT2D eigenvalue weighted by Crippen LogP contribution is -2.21. The summed E-state index contributed by atoms with van der Waals surface area (Å²) >= 11 is 0. The van der Waals surface area contributed by atoms with Gasteiger partial charge >= 0.3 is 6.03 Å². The molecular weight excluding hydrogens is 440 g/mol. The van der Waals surface area contributed by atoms with Crippen LogP contribution in [0.4, 0.5) is 22.0 Å². The van der Waals surface area contributed by atoms with Crippen molar-refractivity contribution in [3.8, 4) is 11.3 Å². The molecule has 35 heavy (non-hydrogen) atoms. The van der Waals surface area contributed by atoms with Crippen molar-refractivity contribution in [3.63, 3.8) is 0 Å². The second-order valence-corrected chi connectivity index (χ2v) is 8.09. The Hall–Kier alpha value is -4.72. The van der Waals surface area contributed by atoms with E-state index in [1.165, 1.54) is 0 Å². The smallest absolute Gasteiger partial charge is 0.324 e. The number of fused-ring (bicyclic) bond motifs is 1. The first kappa shape index (κ1) is 22.1. The maximum atomic E-state index is 12.6. The maximum Gasteiger partial charge on any atom is 0.324 e. The molecule has 2 heterocycles. The third-order valence-electron chi connectivity index (χ3n) is 5.53. The monoisotopic (exact) mass is 464 g/mol. The normalized spacial score (nSPS) is 10.9. The molecule has 2 aromatic heterocycles. The minimum Gasteiger partial charge on any atom is -0.441 e. The van der Waals surface area contributed by atoms with E-state index in [9.17, 15) is 4.79 Å². The lowest BCUT2D eigenvalue weighted by molar-refractivity contribution is 0.262. The van der Waals surface area contributed by atoms with E-state index in [0.717, 1.165) is 46.4 Å². The van der Waals surface area contributed by atoms with E-state index in [-0.39, 0.29) is 6.03 Å². The Labute approximate surface area is 202 Å². The van der Waals surface area contributed by atoms with Gasteiger partial charge < -0.3 is 15.5 Å². The first-order valence-corrected chi connectivity index (χ1v) is 11.3. The molecule has 4 N–H and O–H groups in total. The average molecular weight is 465 g/mol. The van der Waals surface area contributed by atoms with Crippen LogP contribution in [-0.4, -0.2) is 21.2 Å². The number of aryl methyl sites for hydroxylation is 2. The molecule has 0 saturated heterocycles. The van der Waals surface area contributed by atoms with Crippen LogP contribution >= 0.6 is 0 Å². The van der Waals surface area contributed by atoms with E-state index in [1.54, 1.807) is 18.2 Å². The summed E-state index contributed by atoms with van der Waals surface area (Å²) < 4.78 is 5.80. The maximum absolute atomic E-state index is 12.6. The standard InChI is InChI=1S/C27H24N6O2/c28-20-13-15-24-23(17-20)29-26(35-24)12-6-10-18-9-4-5-11-21(18)30-27(34)31-25-16-14-22(32-33-25)19-7-2-1-3-8-19/h1-5,7-9,11,13-17H,6,10,12,28H2,(H2,30,31,33,34). The van der Waals surface area contributed by atoms with Crippen LogP contribution in [0.5, 0.6) is 0 Å². The predicted octanol–water partition coefficient (Wildman–Crippen LogP) is 5.69. The molecule has 3 aromatic carbocycles. The number of amides is 2. The van der Waals surface area contributed by atoms with Gasteiger partial charge in [0.05, 0.1) is 5.69 Å².